The average molecular weight is 770 g/mol. The van der Waals surface area contributed by atoms with E-state index < -0.39 is 18.4 Å². The van der Waals surface area contributed by atoms with Crippen LogP contribution >= 0.6 is 0 Å². The number of likely N-dealkylation sites (tertiary alicyclic amines) is 1. The summed E-state index contributed by atoms with van der Waals surface area (Å²) in [5, 5.41) is 4.89. The summed E-state index contributed by atoms with van der Waals surface area (Å²) >= 11 is 0. The van der Waals surface area contributed by atoms with Crippen molar-refractivity contribution in [2.75, 3.05) is 81.7 Å². The van der Waals surface area contributed by atoms with Crippen molar-refractivity contribution < 1.29 is 37.4 Å². The number of halogens is 2. The highest BCUT2D eigenvalue weighted by Crippen LogP contribution is 2.40. The Morgan fingerprint density at radius 3 is 2.42 bits per heavy atom. The number of piperidine rings is 1. The number of benzene rings is 1. The molecule has 4 heterocycles. The summed E-state index contributed by atoms with van der Waals surface area (Å²) in [6.45, 7) is 5.01. The molecule has 0 atom stereocenters. The molecule has 300 valence electrons. The maximum atomic E-state index is 15.0. The Morgan fingerprint density at radius 2 is 1.73 bits per heavy atom. The number of methoxy groups -OCH3 is 1. The van der Waals surface area contributed by atoms with Crippen LogP contribution in [0.1, 0.15) is 81.5 Å². The summed E-state index contributed by atoms with van der Waals surface area (Å²) in [7, 11) is 2.77. The minimum absolute atomic E-state index is 0.100. The molecule has 1 aromatic carbocycles. The van der Waals surface area contributed by atoms with E-state index in [0.29, 0.717) is 75.2 Å². The van der Waals surface area contributed by atoms with Gasteiger partial charge in [0.05, 0.1) is 32.1 Å². The maximum Gasteiger partial charge on any atom is 0.409 e. The minimum Gasteiger partial charge on any atom is -0.495 e. The third-order valence-electron chi connectivity index (χ3n) is 11.1. The molecule has 2 N–H and O–H groups in total. The van der Waals surface area contributed by atoms with E-state index in [-0.39, 0.29) is 41.4 Å². The number of rotatable bonds is 12. The molecule has 0 bridgehead atoms. The molecule has 1 saturated carbocycles. The molecule has 15 nitrogen and oxygen atoms in total. The molecule has 1 aromatic heterocycles. The lowest BCUT2D eigenvalue weighted by atomic mass is 9.92. The molecule has 55 heavy (non-hydrogen) atoms. The van der Waals surface area contributed by atoms with Gasteiger partial charge in [-0.15, -0.1) is 0 Å². The second-order valence-corrected chi connectivity index (χ2v) is 14.8. The number of amides is 4. The number of aromatic nitrogens is 2. The summed E-state index contributed by atoms with van der Waals surface area (Å²) < 4.78 is 40.9. The predicted octanol–water partition coefficient (Wildman–Crippen LogP) is 4.81. The SMILES string of the molecule is CCCCOC(=O)N1CCC(CCC(=O)N2CCN(NC(=O)c3ccc(Nc4ncc5c(n4)N(C4CCCC4)CC(F)(F)C(=O)N5C)c(OC)c3)CC2)CC1. The van der Waals surface area contributed by atoms with Crippen molar-refractivity contribution in [1.82, 2.24) is 30.2 Å². The number of nitrogens with one attached hydrogen (secondary N) is 2. The monoisotopic (exact) mass is 769 g/mol. The first-order chi connectivity index (χ1) is 26.5. The number of alkyl halides is 2. The van der Waals surface area contributed by atoms with Gasteiger partial charge in [-0.3, -0.25) is 19.8 Å². The van der Waals surface area contributed by atoms with Crippen LogP contribution in [0.15, 0.2) is 24.4 Å². The van der Waals surface area contributed by atoms with E-state index >= 15 is 0 Å². The average Bonchev–Trinajstić information content (AvgIpc) is 3.72. The van der Waals surface area contributed by atoms with Crippen molar-refractivity contribution >= 4 is 47.0 Å². The molecule has 6 rings (SSSR count). The Morgan fingerprint density at radius 1 is 1.00 bits per heavy atom. The van der Waals surface area contributed by atoms with E-state index in [1.54, 1.807) is 33.0 Å². The van der Waals surface area contributed by atoms with E-state index in [9.17, 15) is 28.0 Å². The van der Waals surface area contributed by atoms with Crippen LogP contribution in [0.25, 0.3) is 0 Å². The number of ether oxygens (including phenoxy) is 2. The van der Waals surface area contributed by atoms with Crippen LogP contribution in [-0.4, -0.2) is 127 Å². The van der Waals surface area contributed by atoms with Crippen molar-refractivity contribution in [3.63, 3.8) is 0 Å². The zero-order chi connectivity index (χ0) is 39.1. The number of piperazine rings is 1. The Kier molecular flexibility index (Phi) is 12.9. The second-order valence-electron chi connectivity index (χ2n) is 14.8. The number of hydrogen-bond acceptors (Lipinski definition) is 11. The highest BCUT2D eigenvalue weighted by Gasteiger charge is 2.49. The van der Waals surface area contributed by atoms with E-state index in [1.165, 1.54) is 20.4 Å². The van der Waals surface area contributed by atoms with Crippen LogP contribution in [0.5, 0.6) is 5.75 Å². The van der Waals surface area contributed by atoms with Crippen LogP contribution in [0.3, 0.4) is 0 Å². The molecule has 17 heteroatoms. The first-order valence-electron chi connectivity index (χ1n) is 19.5. The number of anilines is 4. The summed E-state index contributed by atoms with van der Waals surface area (Å²) in [6, 6.07) is 4.69. The third-order valence-corrected chi connectivity index (χ3v) is 11.1. The summed E-state index contributed by atoms with van der Waals surface area (Å²) in [5.74, 6) is -4.00. The van der Waals surface area contributed by atoms with Gasteiger partial charge in [0.1, 0.15) is 11.4 Å². The van der Waals surface area contributed by atoms with Gasteiger partial charge in [-0.25, -0.2) is 14.8 Å². The van der Waals surface area contributed by atoms with Crippen LogP contribution in [-0.2, 0) is 14.3 Å². The molecule has 4 aliphatic rings. The lowest BCUT2D eigenvalue weighted by Gasteiger charge is -2.35. The molecule has 3 fully saturated rings. The van der Waals surface area contributed by atoms with Crippen LogP contribution in [0, 0.1) is 5.92 Å². The summed E-state index contributed by atoms with van der Waals surface area (Å²) in [6.07, 6.45) is 9.23. The maximum absolute atomic E-state index is 15.0. The first kappa shape index (κ1) is 39.9. The first-order valence-corrected chi connectivity index (χ1v) is 19.5. The number of carbonyl (C=O) groups is 4. The molecule has 0 spiro atoms. The highest BCUT2D eigenvalue weighted by molar-refractivity contribution is 6.02. The number of nitrogens with zero attached hydrogens (tertiary/aromatic N) is 7. The molecule has 1 aliphatic carbocycles. The molecule has 2 aromatic rings. The van der Waals surface area contributed by atoms with E-state index in [2.05, 4.69) is 27.6 Å². The molecule has 0 radical (unpaired) electrons. The Hall–Kier alpha value is -4.80. The Labute approximate surface area is 320 Å². The van der Waals surface area contributed by atoms with E-state index in [0.717, 1.165) is 62.7 Å². The smallest absolute Gasteiger partial charge is 0.409 e. The highest BCUT2D eigenvalue weighted by atomic mass is 19.3. The summed E-state index contributed by atoms with van der Waals surface area (Å²) in [5.41, 5.74) is 3.94. The van der Waals surface area contributed by atoms with Gasteiger partial charge in [-0.2, -0.15) is 13.8 Å². The van der Waals surface area contributed by atoms with Crippen LogP contribution < -0.4 is 25.3 Å². The fourth-order valence-corrected chi connectivity index (χ4v) is 7.72. The van der Waals surface area contributed by atoms with Gasteiger partial charge in [0.15, 0.2) is 5.82 Å². The lowest BCUT2D eigenvalue weighted by molar-refractivity contribution is -0.140. The van der Waals surface area contributed by atoms with Gasteiger partial charge in [-0.05, 0) is 62.6 Å². The quantitative estimate of drug-likeness (QED) is 0.286. The van der Waals surface area contributed by atoms with Crippen molar-refractivity contribution in [2.24, 2.45) is 5.92 Å². The standard InChI is InChI=1S/C38H53F2N9O6/c1-4-5-22-55-37(53)47-16-14-26(15-17-47)10-13-32(50)46-18-20-48(21-19-46)44-34(51)27-11-12-29(31(23-27)54-3)42-36-41-24-30-33(43-36)49(28-8-6-7-9-28)25-38(39,40)35(52)45(30)2/h11-12,23-24,26,28H,4-10,13-22,25H2,1-3H3,(H,44,51)(H,41,42,43). The largest absolute Gasteiger partial charge is 0.495 e. The van der Waals surface area contributed by atoms with Gasteiger partial charge < -0.3 is 34.4 Å². The molecular formula is C38H53F2N9O6. The normalized spacial score (nSPS) is 19.5. The number of carbonyl (C=O) groups excluding carboxylic acids is 4. The van der Waals surface area contributed by atoms with Gasteiger partial charge >= 0.3 is 12.0 Å². The molecule has 2 saturated heterocycles. The van der Waals surface area contributed by atoms with E-state index in [4.69, 9.17) is 9.47 Å². The number of fused-ring (bicyclic) bond motifs is 1. The molecule has 4 amide bonds. The van der Waals surface area contributed by atoms with Gasteiger partial charge in [0, 0.05) is 64.3 Å². The van der Waals surface area contributed by atoms with Gasteiger partial charge in [0.25, 0.3) is 11.8 Å². The van der Waals surface area contributed by atoms with Crippen molar-refractivity contribution in [2.45, 2.75) is 83.1 Å². The number of unbranched alkanes of at least 4 members (excludes halogenated alkanes) is 1. The Balaban J connectivity index is 0.994. The molecule has 0 unspecified atom stereocenters. The van der Waals surface area contributed by atoms with Crippen molar-refractivity contribution in [3.05, 3.63) is 30.0 Å². The molecular weight excluding hydrogens is 716 g/mol. The molecule has 3 aliphatic heterocycles. The fraction of sp³-hybridized carbons (Fsp3) is 0.632. The second kappa shape index (κ2) is 17.8. The lowest BCUT2D eigenvalue weighted by Crippen LogP contribution is -2.54. The third kappa shape index (κ3) is 9.54. The fourth-order valence-electron chi connectivity index (χ4n) is 7.72. The van der Waals surface area contributed by atoms with Gasteiger partial charge in [-0.1, -0.05) is 26.2 Å². The Bertz CT molecular complexity index is 1690. The zero-order valence-corrected chi connectivity index (χ0v) is 32.0. The minimum atomic E-state index is -3.58. The topological polar surface area (TPSA) is 153 Å². The predicted molar refractivity (Wildman–Crippen MR) is 202 cm³/mol. The van der Waals surface area contributed by atoms with Gasteiger partial charge in [0.2, 0.25) is 11.9 Å². The van der Waals surface area contributed by atoms with Crippen molar-refractivity contribution in [3.8, 4) is 5.75 Å². The number of hydrazine groups is 1. The number of hydrogen-bond donors (Lipinski definition) is 2. The summed E-state index contributed by atoms with van der Waals surface area (Å²) in [4.78, 5) is 66.1. The van der Waals surface area contributed by atoms with Crippen LogP contribution in [0.2, 0.25) is 0 Å². The zero-order valence-electron chi connectivity index (χ0n) is 32.0. The van der Waals surface area contributed by atoms with E-state index in [1.807, 2.05) is 4.90 Å². The van der Waals surface area contributed by atoms with Crippen LogP contribution in [0.4, 0.5) is 36.7 Å². The van der Waals surface area contributed by atoms with Crippen molar-refractivity contribution in [1.29, 1.82) is 0 Å².